The molecule has 0 unspecified atom stereocenters. The molecule has 0 spiro atoms. The number of aromatic nitrogens is 1. The van der Waals surface area contributed by atoms with Gasteiger partial charge in [-0.25, -0.2) is 4.98 Å². The number of carbonyl (C=O) groups is 1. The van der Waals surface area contributed by atoms with Gasteiger partial charge in [-0.05, 0) is 12.5 Å². The summed E-state index contributed by atoms with van der Waals surface area (Å²) in [4.78, 5) is 14.8. The number of hydrogen-bond donors (Lipinski definition) is 0. The lowest BCUT2D eigenvalue weighted by Gasteiger charge is -2.17. The first kappa shape index (κ1) is 19.5. The molecule has 0 atom stereocenters. The van der Waals surface area contributed by atoms with Crippen molar-refractivity contribution in [3.8, 4) is 5.88 Å². The predicted octanol–water partition coefficient (Wildman–Crippen LogP) is 4.00. The Balaban J connectivity index is 3.39. The van der Waals surface area contributed by atoms with Gasteiger partial charge in [0.1, 0.15) is 0 Å². The molecule has 0 amide bonds. The van der Waals surface area contributed by atoms with E-state index in [4.69, 9.17) is 0 Å². The first-order valence-corrected chi connectivity index (χ1v) is 7.17. The number of halogens is 7. The molecule has 0 aliphatic heterocycles. The van der Waals surface area contributed by atoms with Crippen molar-refractivity contribution in [2.75, 3.05) is 6.61 Å². The summed E-state index contributed by atoms with van der Waals surface area (Å²) in [6.07, 6.45) is -10.9. The zero-order chi connectivity index (χ0) is 17.8. The van der Waals surface area contributed by atoms with E-state index in [1.165, 1.54) is 6.92 Å². The number of ether oxygens (including phenoxy) is 2. The lowest BCUT2D eigenvalue weighted by Crippen LogP contribution is -2.21. The minimum absolute atomic E-state index is 0.0344. The van der Waals surface area contributed by atoms with Gasteiger partial charge in [0.15, 0.2) is 0 Å². The molecule has 4 nitrogen and oxygen atoms in total. The van der Waals surface area contributed by atoms with Gasteiger partial charge >= 0.3 is 18.5 Å². The SMILES string of the molecule is CCOC(=O)Cc1nc(OC(F)(F)F)cc(C(F)(F)F)c1CBr. The first-order chi connectivity index (χ1) is 10.5. The molecule has 0 saturated heterocycles. The summed E-state index contributed by atoms with van der Waals surface area (Å²) < 4.78 is 83.7. The van der Waals surface area contributed by atoms with Crippen LogP contribution in [-0.4, -0.2) is 23.9 Å². The van der Waals surface area contributed by atoms with Gasteiger partial charge in [-0.1, -0.05) is 15.9 Å². The maximum Gasteiger partial charge on any atom is 0.574 e. The topological polar surface area (TPSA) is 48.4 Å². The van der Waals surface area contributed by atoms with Crippen LogP contribution in [0.2, 0.25) is 0 Å². The zero-order valence-corrected chi connectivity index (χ0v) is 13.1. The van der Waals surface area contributed by atoms with E-state index in [-0.39, 0.29) is 18.0 Å². The first-order valence-electron chi connectivity index (χ1n) is 6.05. The monoisotopic (exact) mass is 409 g/mol. The van der Waals surface area contributed by atoms with Crippen LogP contribution in [0.15, 0.2) is 6.07 Å². The van der Waals surface area contributed by atoms with Crippen LogP contribution in [0.4, 0.5) is 26.3 Å². The second-order valence-electron chi connectivity index (χ2n) is 4.09. The van der Waals surface area contributed by atoms with Crippen LogP contribution in [0.25, 0.3) is 0 Å². The highest BCUT2D eigenvalue weighted by Gasteiger charge is 2.38. The molecular formula is C12H10BrF6NO3. The van der Waals surface area contributed by atoms with E-state index in [0.717, 1.165) is 0 Å². The number of nitrogens with zero attached hydrogens (tertiary/aromatic N) is 1. The van der Waals surface area contributed by atoms with Gasteiger partial charge in [0.25, 0.3) is 0 Å². The van der Waals surface area contributed by atoms with Crippen LogP contribution < -0.4 is 4.74 Å². The number of pyridine rings is 1. The predicted molar refractivity (Wildman–Crippen MR) is 68.9 cm³/mol. The zero-order valence-electron chi connectivity index (χ0n) is 11.5. The van der Waals surface area contributed by atoms with Crippen LogP contribution in [0.1, 0.15) is 23.7 Å². The average molecular weight is 410 g/mol. The van der Waals surface area contributed by atoms with Crippen molar-refractivity contribution in [1.29, 1.82) is 0 Å². The van der Waals surface area contributed by atoms with Crippen molar-refractivity contribution in [3.63, 3.8) is 0 Å². The Morgan fingerprint density at radius 2 is 1.87 bits per heavy atom. The minimum atomic E-state index is -5.22. The van der Waals surface area contributed by atoms with E-state index < -0.39 is 47.6 Å². The maximum absolute atomic E-state index is 13.0. The van der Waals surface area contributed by atoms with Gasteiger partial charge in [0, 0.05) is 11.4 Å². The fraction of sp³-hybridized carbons (Fsp3) is 0.500. The fourth-order valence-corrected chi connectivity index (χ4v) is 2.29. The number of rotatable bonds is 5. The molecule has 1 heterocycles. The third-order valence-electron chi connectivity index (χ3n) is 2.46. The van der Waals surface area contributed by atoms with Crippen molar-refractivity contribution in [3.05, 3.63) is 22.9 Å². The van der Waals surface area contributed by atoms with E-state index in [9.17, 15) is 31.1 Å². The van der Waals surface area contributed by atoms with Gasteiger partial charge in [-0.3, -0.25) is 4.79 Å². The summed E-state index contributed by atoms with van der Waals surface area (Å²) in [6.45, 7) is 1.44. The summed E-state index contributed by atoms with van der Waals surface area (Å²) >= 11 is 2.81. The smallest absolute Gasteiger partial charge is 0.466 e. The highest BCUT2D eigenvalue weighted by Crippen LogP contribution is 2.37. The summed E-state index contributed by atoms with van der Waals surface area (Å²) in [6, 6.07) is 0.138. The Morgan fingerprint density at radius 1 is 1.26 bits per heavy atom. The lowest BCUT2D eigenvalue weighted by atomic mass is 10.1. The Hall–Kier alpha value is -1.52. The Morgan fingerprint density at radius 3 is 2.30 bits per heavy atom. The second-order valence-corrected chi connectivity index (χ2v) is 4.66. The fourth-order valence-electron chi connectivity index (χ4n) is 1.67. The molecular weight excluding hydrogens is 400 g/mol. The average Bonchev–Trinajstić information content (AvgIpc) is 2.35. The molecule has 1 aromatic heterocycles. The van der Waals surface area contributed by atoms with Gasteiger partial charge in [-0.2, -0.15) is 13.2 Å². The molecule has 0 aliphatic rings. The maximum atomic E-state index is 13.0. The summed E-state index contributed by atoms with van der Waals surface area (Å²) in [5.74, 6) is -2.21. The molecule has 23 heavy (non-hydrogen) atoms. The molecule has 11 heteroatoms. The third kappa shape index (κ3) is 5.88. The number of hydrogen-bond acceptors (Lipinski definition) is 4. The molecule has 1 rings (SSSR count). The Kier molecular flexibility index (Phi) is 6.25. The molecule has 0 saturated carbocycles. The molecule has 0 N–H and O–H groups in total. The molecule has 0 fully saturated rings. The van der Waals surface area contributed by atoms with Gasteiger partial charge < -0.3 is 9.47 Å². The van der Waals surface area contributed by atoms with Crippen LogP contribution in [-0.2, 0) is 27.5 Å². The minimum Gasteiger partial charge on any atom is -0.466 e. The van der Waals surface area contributed by atoms with Crippen molar-refractivity contribution in [2.45, 2.75) is 31.2 Å². The normalized spacial score (nSPS) is 12.2. The van der Waals surface area contributed by atoms with Gasteiger partial charge in [-0.15, -0.1) is 13.2 Å². The van der Waals surface area contributed by atoms with E-state index in [2.05, 4.69) is 30.4 Å². The van der Waals surface area contributed by atoms with Gasteiger partial charge in [0.05, 0.1) is 24.3 Å². The molecule has 0 radical (unpaired) electrons. The molecule has 130 valence electrons. The highest BCUT2D eigenvalue weighted by molar-refractivity contribution is 9.08. The van der Waals surface area contributed by atoms with Crippen LogP contribution in [0.3, 0.4) is 0 Å². The molecule has 0 aliphatic carbocycles. The highest BCUT2D eigenvalue weighted by atomic mass is 79.9. The number of alkyl halides is 7. The van der Waals surface area contributed by atoms with Crippen LogP contribution in [0, 0.1) is 0 Å². The molecule has 0 bridgehead atoms. The number of esters is 1. The van der Waals surface area contributed by atoms with Crippen molar-refractivity contribution in [1.82, 2.24) is 4.98 Å². The molecule has 0 aromatic carbocycles. The summed E-state index contributed by atoms with van der Waals surface area (Å²) in [5.41, 5.74) is -2.34. The number of carbonyl (C=O) groups excluding carboxylic acids is 1. The summed E-state index contributed by atoms with van der Waals surface area (Å²) in [5, 5.41) is -0.365. The lowest BCUT2D eigenvalue weighted by molar-refractivity contribution is -0.276. The Bertz CT molecular complexity index is 573. The standard InChI is InChI=1S/C12H10BrF6NO3/c1-2-22-10(21)4-8-6(5-13)7(11(14,15)16)3-9(20-8)23-12(17,18)19/h3H,2,4-5H2,1H3. The second kappa shape index (κ2) is 7.37. The van der Waals surface area contributed by atoms with Crippen molar-refractivity contribution >= 4 is 21.9 Å². The largest absolute Gasteiger partial charge is 0.574 e. The molecule has 1 aromatic rings. The third-order valence-corrected chi connectivity index (χ3v) is 3.02. The van der Waals surface area contributed by atoms with Crippen LogP contribution in [0.5, 0.6) is 5.88 Å². The van der Waals surface area contributed by atoms with Crippen LogP contribution >= 0.6 is 15.9 Å². The van der Waals surface area contributed by atoms with E-state index in [0.29, 0.717) is 0 Å². The summed E-state index contributed by atoms with van der Waals surface area (Å²) in [7, 11) is 0. The quantitative estimate of drug-likeness (QED) is 0.419. The van der Waals surface area contributed by atoms with E-state index in [1.807, 2.05) is 0 Å². The Labute approximate surface area is 134 Å². The van der Waals surface area contributed by atoms with Gasteiger partial charge in [0.2, 0.25) is 5.88 Å². The van der Waals surface area contributed by atoms with E-state index in [1.54, 1.807) is 0 Å². The van der Waals surface area contributed by atoms with E-state index >= 15 is 0 Å². The van der Waals surface area contributed by atoms with Crippen molar-refractivity contribution in [2.24, 2.45) is 0 Å². The van der Waals surface area contributed by atoms with Crippen molar-refractivity contribution < 1.29 is 40.6 Å².